The maximum atomic E-state index is 13.6. The number of amides is 6. The van der Waals surface area contributed by atoms with Crippen LogP contribution in [0.3, 0.4) is 0 Å². The van der Waals surface area contributed by atoms with Gasteiger partial charge < -0.3 is 39.6 Å². The molecule has 0 radical (unpaired) electrons. The summed E-state index contributed by atoms with van der Waals surface area (Å²) < 4.78 is 12.8. The molecule has 6 rings (SSSR count). The summed E-state index contributed by atoms with van der Waals surface area (Å²) in [7, 11) is 8.59. The van der Waals surface area contributed by atoms with Gasteiger partial charge in [-0.1, -0.05) is 25.7 Å². The van der Waals surface area contributed by atoms with Crippen molar-refractivity contribution in [2.24, 2.45) is 7.05 Å². The Hall–Kier alpha value is -6.23. The Morgan fingerprint density at radius 1 is 0.867 bits per heavy atom. The highest BCUT2D eigenvalue weighted by molar-refractivity contribution is 6.23. The van der Waals surface area contributed by atoms with Gasteiger partial charge in [-0.05, 0) is 81.2 Å². The van der Waals surface area contributed by atoms with Gasteiger partial charge >= 0.3 is 12.0 Å². The highest BCUT2D eigenvalue weighted by Crippen LogP contribution is 2.40. The fraction of sp³-hybridized carbons (Fsp3) is 0.465. The third-order valence-electron chi connectivity index (χ3n) is 11.2. The number of carboxylic acid groups (broad SMARTS) is 1. The second kappa shape index (κ2) is 18.8. The van der Waals surface area contributed by atoms with E-state index in [0.29, 0.717) is 59.9 Å². The van der Waals surface area contributed by atoms with E-state index in [1.165, 1.54) is 9.47 Å². The van der Waals surface area contributed by atoms with Gasteiger partial charge in [-0.3, -0.25) is 34.2 Å². The van der Waals surface area contributed by atoms with E-state index in [2.05, 4.69) is 16.0 Å². The lowest BCUT2D eigenvalue weighted by Crippen LogP contribution is -2.54. The second-order valence-electron chi connectivity index (χ2n) is 15.6. The van der Waals surface area contributed by atoms with E-state index in [1.807, 2.05) is 31.1 Å². The second-order valence-corrected chi connectivity index (χ2v) is 15.6. The fourth-order valence-corrected chi connectivity index (χ4v) is 8.27. The number of nitrogens with one attached hydrogen (secondary N) is 3. The largest absolute Gasteiger partial charge is 0.496 e. The molecular formula is C43H53N7O10. The number of hydrogen-bond acceptors (Lipinski definition) is 11. The molecule has 1 saturated heterocycles. The molecule has 6 amide bonds. The molecule has 4 N–H and O–H groups in total. The fourth-order valence-electron chi connectivity index (χ4n) is 8.27. The van der Waals surface area contributed by atoms with Gasteiger partial charge in [-0.15, -0.1) is 0 Å². The van der Waals surface area contributed by atoms with Crippen molar-refractivity contribution >= 4 is 41.3 Å². The molecule has 0 saturated carbocycles. The standard InChI is InChI=1S/C43H53N7O10/c1-47(2)23-31-33(59-4)20-25(21-34(31)60-5)30-24-48(3)41(55)36-27(30)16-19-49(37(36)42(56)57)43(58)45-18-11-9-7-6-8-10-17-44-26-12-13-28-29(22-26)40(54)50(39(28)53)32-14-15-35(51)46-38(32)52/h12-13,20-22,24,32,37,44H,6-11,14-19,23H2,1-5H3,(H,45,58)(H,56,57)(H,46,51,52). The Kier molecular flexibility index (Phi) is 13.6. The molecule has 17 nitrogen and oxygen atoms in total. The lowest BCUT2D eigenvalue weighted by molar-refractivity contribution is -0.143. The number of rotatable bonds is 17. The van der Waals surface area contributed by atoms with Gasteiger partial charge in [0.25, 0.3) is 17.4 Å². The summed E-state index contributed by atoms with van der Waals surface area (Å²) in [6.07, 6.45) is 7.38. The van der Waals surface area contributed by atoms with Gasteiger partial charge in [0.2, 0.25) is 11.8 Å². The molecular weight excluding hydrogens is 775 g/mol. The molecule has 60 heavy (non-hydrogen) atoms. The number of ether oxygens (including phenoxy) is 2. The molecule has 2 aromatic carbocycles. The van der Waals surface area contributed by atoms with Crippen molar-refractivity contribution in [1.29, 1.82) is 0 Å². The number of carbonyl (C=O) groups is 6. The highest BCUT2D eigenvalue weighted by atomic mass is 16.5. The summed E-state index contributed by atoms with van der Waals surface area (Å²) in [5, 5.41) is 18.8. The number of hydrogen-bond donors (Lipinski definition) is 4. The monoisotopic (exact) mass is 827 g/mol. The predicted molar refractivity (Wildman–Crippen MR) is 221 cm³/mol. The molecule has 3 aliphatic heterocycles. The Morgan fingerprint density at radius 2 is 1.52 bits per heavy atom. The van der Waals surface area contributed by atoms with Crippen molar-refractivity contribution in [2.75, 3.05) is 53.3 Å². The van der Waals surface area contributed by atoms with E-state index in [9.17, 15) is 38.7 Å². The summed E-state index contributed by atoms with van der Waals surface area (Å²) in [5.41, 5.74) is 3.52. The summed E-state index contributed by atoms with van der Waals surface area (Å²) in [6.45, 7) is 1.67. The van der Waals surface area contributed by atoms with E-state index in [4.69, 9.17) is 9.47 Å². The average molecular weight is 828 g/mol. The zero-order valence-electron chi connectivity index (χ0n) is 34.7. The number of aromatic nitrogens is 1. The maximum Gasteiger partial charge on any atom is 0.331 e. The van der Waals surface area contributed by atoms with Crippen LogP contribution in [0.4, 0.5) is 10.5 Å². The van der Waals surface area contributed by atoms with Gasteiger partial charge in [-0.2, -0.15) is 0 Å². The molecule has 0 spiro atoms. The maximum absolute atomic E-state index is 13.6. The molecule has 320 valence electrons. The van der Waals surface area contributed by atoms with Crippen LogP contribution in [0.2, 0.25) is 0 Å². The zero-order chi connectivity index (χ0) is 43.2. The average Bonchev–Trinajstić information content (AvgIpc) is 3.46. The normalized spacial score (nSPS) is 17.4. The van der Waals surface area contributed by atoms with Crippen LogP contribution >= 0.6 is 0 Å². The Balaban J connectivity index is 0.969. The summed E-state index contributed by atoms with van der Waals surface area (Å²) in [4.78, 5) is 93.9. The minimum Gasteiger partial charge on any atom is -0.496 e. The predicted octanol–water partition coefficient (Wildman–Crippen LogP) is 3.68. The number of urea groups is 1. The number of fused-ring (bicyclic) bond motifs is 2. The molecule has 1 fully saturated rings. The number of nitrogens with zero attached hydrogens (tertiary/aromatic N) is 4. The van der Waals surface area contributed by atoms with Crippen LogP contribution < -0.4 is 31.0 Å². The number of methoxy groups -OCH3 is 2. The number of imide groups is 2. The van der Waals surface area contributed by atoms with Gasteiger partial charge in [0.15, 0.2) is 6.04 Å². The number of carbonyl (C=O) groups excluding carboxylic acids is 5. The Bertz CT molecular complexity index is 2230. The first-order chi connectivity index (χ1) is 28.7. The summed E-state index contributed by atoms with van der Waals surface area (Å²) in [6, 6.07) is 5.63. The Morgan fingerprint density at radius 3 is 2.15 bits per heavy atom. The van der Waals surface area contributed by atoms with Crippen LogP contribution in [0.25, 0.3) is 11.1 Å². The molecule has 17 heteroatoms. The first-order valence-corrected chi connectivity index (χ1v) is 20.2. The molecule has 4 heterocycles. The third kappa shape index (κ3) is 9.00. The number of aliphatic carboxylic acids is 1. The van der Waals surface area contributed by atoms with Crippen molar-refractivity contribution in [3.05, 3.63) is 74.7 Å². The first-order valence-electron chi connectivity index (χ1n) is 20.2. The highest BCUT2D eigenvalue weighted by Gasteiger charge is 2.45. The van der Waals surface area contributed by atoms with E-state index >= 15 is 0 Å². The van der Waals surface area contributed by atoms with Crippen molar-refractivity contribution in [1.82, 2.24) is 29.9 Å². The van der Waals surface area contributed by atoms with Crippen LogP contribution in [-0.2, 0) is 34.4 Å². The molecule has 1 aromatic heterocycles. The van der Waals surface area contributed by atoms with Crippen molar-refractivity contribution in [3.8, 4) is 22.6 Å². The smallest absolute Gasteiger partial charge is 0.331 e. The third-order valence-corrected chi connectivity index (χ3v) is 11.2. The first kappa shape index (κ1) is 43.4. The zero-order valence-corrected chi connectivity index (χ0v) is 34.7. The minimum absolute atomic E-state index is 0.0601. The Labute approximate surface area is 348 Å². The topological polar surface area (TPSA) is 209 Å². The van der Waals surface area contributed by atoms with Crippen LogP contribution in [0, 0.1) is 0 Å². The quantitative estimate of drug-likeness (QED) is 0.114. The SMILES string of the molecule is COc1cc(-c2cn(C)c(=O)c3c2CCN(C(=O)NCCCCCCCCNc2ccc4c(c2)C(=O)N(C2CCC(=O)NC2=O)C4=O)C3C(=O)O)cc(OC)c1CN(C)C. The van der Waals surface area contributed by atoms with Gasteiger partial charge in [0, 0.05) is 57.1 Å². The van der Waals surface area contributed by atoms with E-state index < -0.39 is 53.3 Å². The lowest BCUT2D eigenvalue weighted by atomic mass is 9.87. The van der Waals surface area contributed by atoms with E-state index in [0.717, 1.165) is 42.6 Å². The van der Waals surface area contributed by atoms with Crippen molar-refractivity contribution < 1.29 is 43.3 Å². The number of benzene rings is 2. The van der Waals surface area contributed by atoms with E-state index in [1.54, 1.807) is 45.7 Å². The van der Waals surface area contributed by atoms with E-state index in [-0.39, 0.29) is 42.5 Å². The van der Waals surface area contributed by atoms with Crippen LogP contribution in [0.1, 0.15) is 94.8 Å². The van der Waals surface area contributed by atoms with Gasteiger partial charge in [-0.25, -0.2) is 9.59 Å². The molecule has 2 atom stereocenters. The van der Waals surface area contributed by atoms with Crippen LogP contribution in [-0.4, -0.2) is 114 Å². The number of aryl methyl sites for hydroxylation is 1. The number of unbranched alkanes of at least 4 members (excludes halogenated alkanes) is 5. The van der Waals surface area contributed by atoms with Gasteiger partial charge in [0.1, 0.15) is 17.5 Å². The number of carboxylic acids is 1. The number of pyridine rings is 1. The number of piperidine rings is 1. The molecule has 0 bridgehead atoms. The van der Waals surface area contributed by atoms with Crippen molar-refractivity contribution in [3.63, 3.8) is 0 Å². The van der Waals surface area contributed by atoms with Crippen LogP contribution in [0.5, 0.6) is 11.5 Å². The molecule has 0 aliphatic carbocycles. The minimum atomic E-state index is -1.47. The summed E-state index contributed by atoms with van der Waals surface area (Å²) >= 11 is 0. The van der Waals surface area contributed by atoms with Crippen LogP contribution in [0.15, 0.2) is 41.3 Å². The molecule has 3 aliphatic rings. The number of anilines is 1. The van der Waals surface area contributed by atoms with Gasteiger partial charge in [0.05, 0.1) is 36.5 Å². The molecule has 3 aromatic rings. The summed E-state index contributed by atoms with van der Waals surface area (Å²) in [5.74, 6) is -2.25. The van der Waals surface area contributed by atoms with Crippen molar-refractivity contribution in [2.45, 2.75) is 76.4 Å². The lowest BCUT2D eigenvalue weighted by Gasteiger charge is -2.35. The molecule has 2 unspecified atom stereocenters.